The van der Waals surface area contributed by atoms with Crippen molar-refractivity contribution in [3.8, 4) is 0 Å². The van der Waals surface area contributed by atoms with Gasteiger partial charge in [-0.25, -0.2) is 0 Å². The number of hydrogen-bond acceptors (Lipinski definition) is 4. The zero-order valence-corrected chi connectivity index (χ0v) is 50.7. The van der Waals surface area contributed by atoms with Crippen LogP contribution in [0.1, 0.15) is 192 Å². The molecule has 13 rings (SSSR count). The van der Waals surface area contributed by atoms with E-state index in [4.69, 9.17) is 4.42 Å². The van der Waals surface area contributed by atoms with Gasteiger partial charge in [0.1, 0.15) is 5.58 Å². The molecule has 0 spiro atoms. The van der Waals surface area contributed by atoms with E-state index in [1.165, 1.54) is 107 Å². The summed E-state index contributed by atoms with van der Waals surface area (Å²) < 4.78 is 7.68. The molecule has 2 aliphatic heterocycles. The number of rotatable bonds is 5. The Bertz CT molecular complexity index is 3810. The Labute approximate surface area is 473 Å². The molecule has 79 heavy (non-hydrogen) atoms. The predicted octanol–water partition coefficient (Wildman–Crippen LogP) is 18.9. The highest BCUT2D eigenvalue weighted by Gasteiger charge is 2.50. The van der Waals surface area contributed by atoms with E-state index in [-0.39, 0.29) is 44.6 Å². The van der Waals surface area contributed by atoms with E-state index in [2.05, 4.69) is 260 Å². The van der Waals surface area contributed by atoms with Crippen LogP contribution in [-0.4, -0.2) is 6.71 Å². The lowest BCUT2D eigenvalue weighted by atomic mass is 9.35. The highest BCUT2D eigenvalue weighted by molar-refractivity contribution is 7.00. The van der Waals surface area contributed by atoms with Gasteiger partial charge in [0, 0.05) is 45.2 Å². The van der Waals surface area contributed by atoms with Crippen molar-refractivity contribution in [3.63, 3.8) is 0 Å². The van der Waals surface area contributed by atoms with Crippen molar-refractivity contribution >= 4 is 85.5 Å². The fourth-order valence-electron chi connectivity index (χ4n) is 15.1. The van der Waals surface area contributed by atoms with Crippen molar-refractivity contribution in [2.75, 3.05) is 14.7 Å². The summed E-state index contributed by atoms with van der Waals surface area (Å²) in [4.78, 5) is 7.92. The number of benzene rings is 7. The minimum atomic E-state index is -0.195. The zero-order valence-electron chi connectivity index (χ0n) is 50.7. The molecular weight excluding hydrogens is 958 g/mol. The van der Waals surface area contributed by atoms with E-state index in [0.717, 1.165) is 60.1 Å². The van der Waals surface area contributed by atoms with Crippen LogP contribution in [0.5, 0.6) is 0 Å². The monoisotopic (exact) mass is 1040 g/mol. The van der Waals surface area contributed by atoms with Crippen molar-refractivity contribution in [2.45, 2.75) is 194 Å². The fourth-order valence-corrected chi connectivity index (χ4v) is 15.1. The lowest BCUT2D eigenvalue weighted by Gasteiger charge is -2.47. The summed E-state index contributed by atoms with van der Waals surface area (Å²) in [5.41, 5.74) is 27.8. The topological polar surface area (TPSA) is 22.9 Å². The minimum Gasteiger partial charge on any atom is -0.468 e. The molecule has 0 unspecified atom stereocenters. The van der Waals surface area contributed by atoms with Crippen LogP contribution in [0, 0.1) is 13.8 Å². The summed E-state index contributed by atoms with van der Waals surface area (Å²) in [6.07, 6.45) is 6.89. The third-order valence-electron chi connectivity index (χ3n) is 20.6. The van der Waals surface area contributed by atoms with Crippen LogP contribution in [-0.2, 0) is 37.9 Å². The van der Waals surface area contributed by atoms with Gasteiger partial charge in [0.15, 0.2) is 0 Å². The third-order valence-corrected chi connectivity index (χ3v) is 20.6. The van der Waals surface area contributed by atoms with E-state index in [0.29, 0.717) is 0 Å². The molecule has 0 saturated carbocycles. The summed E-state index contributed by atoms with van der Waals surface area (Å²) in [7, 11) is 0. The predicted molar refractivity (Wildman–Crippen MR) is 339 cm³/mol. The molecular formula is C74H84BN3O. The van der Waals surface area contributed by atoms with E-state index < -0.39 is 0 Å². The van der Waals surface area contributed by atoms with Crippen molar-refractivity contribution in [1.29, 1.82) is 0 Å². The van der Waals surface area contributed by atoms with Gasteiger partial charge in [0.05, 0.1) is 17.0 Å². The first-order valence-corrected chi connectivity index (χ1v) is 29.8. The van der Waals surface area contributed by atoms with Crippen molar-refractivity contribution in [3.05, 3.63) is 177 Å². The number of nitrogens with zero attached hydrogens (tertiary/aromatic N) is 3. The summed E-state index contributed by atoms with van der Waals surface area (Å²) in [6, 6.07) is 50.5. The second-order valence-corrected chi connectivity index (χ2v) is 29.9. The average Bonchev–Trinajstić information content (AvgIpc) is 3.72. The van der Waals surface area contributed by atoms with Gasteiger partial charge < -0.3 is 19.1 Å². The van der Waals surface area contributed by atoms with Gasteiger partial charge >= 0.3 is 0 Å². The molecule has 3 heterocycles. The molecule has 0 radical (unpaired) electrons. The van der Waals surface area contributed by atoms with Crippen molar-refractivity contribution < 1.29 is 4.42 Å². The van der Waals surface area contributed by atoms with Gasteiger partial charge in [-0.05, 0) is 218 Å². The number of para-hydroxylation sites is 2. The second-order valence-electron chi connectivity index (χ2n) is 29.9. The molecule has 0 N–H and O–H groups in total. The van der Waals surface area contributed by atoms with E-state index in [1.807, 2.05) is 0 Å². The van der Waals surface area contributed by atoms with Crippen LogP contribution in [0.15, 0.2) is 132 Å². The Morgan fingerprint density at radius 1 is 0.456 bits per heavy atom. The Hall–Kier alpha value is -6.46. The molecule has 3 aliphatic carbocycles. The van der Waals surface area contributed by atoms with Gasteiger partial charge in [0.25, 0.3) is 6.71 Å². The smallest absolute Gasteiger partial charge is 0.297 e. The molecule has 5 aliphatic rings. The number of furan rings is 1. The molecule has 0 bridgehead atoms. The van der Waals surface area contributed by atoms with Crippen LogP contribution in [0.25, 0.3) is 11.0 Å². The standard InChI is InChI=1S/C74H84BN3O/c1-45-22-18-20-24-59(45)77(60-25-21-19-23-46(60)2)50-41-62-65-63(42-50)78(49-28-30-53-55(40-49)72(12,13)35-33-70(53,8)9)66-51-38-47(68(3,4)5)26-31-64(51)79-67(66)75(65)58-43-56-57(74(16,17)37-36-73(56,14)15)44-61(58)76(62)48-27-29-52-54(39-48)71(10,11)34-32-69(52,6)7/h18-31,38-44H,32-37H2,1-17H3. The molecule has 404 valence electrons. The first-order valence-electron chi connectivity index (χ1n) is 29.8. The maximum absolute atomic E-state index is 7.68. The maximum Gasteiger partial charge on any atom is 0.297 e. The second kappa shape index (κ2) is 17.0. The molecule has 0 fully saturated rings. The normalized spacial score (nSPS) is 19.4. The summed E-state index contributed by atoms with van der Waals surface area (Å²) in [5.74, 6) is 0. The summed E-state index contributed by atoms with van der Waals surface area (Å²) in [6.45, 7) is 41.0. The highest BCUT2D eigenvalue weighted by Crippen LogP contribution is 2.56. The van der Waals surface area contributed by atoms with E-state index in [9.17, 15) is 0 Å². The molecule has 5 heteroatoms. The number of aryl methyl sites for hydroxylation is 2. The average molecular weight is 1040 g/mol. The van der Waals surface area contributed by atoms with Crippen LogP contribution in [0.3, 0.4) is 0 Å². The summed E-state index contributed by atoms with van der Waals surface area (Å²) >= 11 is 0. The summed E-state index contributed by atoms with van der Waals surface area (Å²) in [5, 5.41) is 1.16. The molecule has 1 aromatic heterocycles. The van der Waals surface area contributed by atoms with Crippen LogP contribution >= 0.6 is 0 Å². The van der Waals surface area contributed by atoms with Crippen molar-refractivity contribution in [2.24, 2.45) is 0 Å². The molecule has 0 amide bonds. The van der Waals surface area contributed by atoms with Gasteiger partial charge in [-0.1, -0.05) is 165 Å². The SMILES string of the molecule is Cc1ccccc1N(c1cc2c3c(c1)N(c1ccc4c(c1)C(C)(C)CCC4(C)C)c1c(oc4ccc(C(C)(C)C)cc14)B3c1cc3c(cc1N2c1ccc2c(c1)C(C)(C)CCC2(C)C)C(C)(C)CCC3(C)C)c1ccccc1C. The Balaban J connectivity index is 1.22. The van der Waals surface area contributed by atoms with E-state index in [1.54, 1.807) is 0 Å². The van der Waals surface area contributed by atoms with Crippen LogP contribution < -0.4 is 31.3 Å². The van der Waals surface area contributed by atoms with Gasteiger partial charge in [-0.2, -0.15) is 0 Å². The molecule has 7 aromatic carbocycles. The van der Waals surface area contributed by atoms with Crippen LogP contribution in [0.2, 0.25) is 0 Å². The Morgan fingerprint density at radius 2 is 0.899 bits per heavy atom. The first-order chi connectivity index (χ1) is 37.1. The molecule has 0 saturated heterocycles. The third kappa shape index (κ3) is 7.88. The highest BCUT2D eigenvalue weighted by atomic mass is 16.3. The quantitative estimate of drug-likeness (QED) is 0.160. The Morgan fingerprint density at radius 3 is 1.39 bits per heavy atom. The molecule has 0 atom stereocenters. The number of anilines is 9. The van der Waals surface area contributed by atoms with Crippen molar-refractivity contribution in [1.82, 2.24) is 0 Å². The van der Waals surface area contributed by atoms with Gasteiger partial charge in [-0.15, -0.1) is 0 Å². The molecule has 8 aromatic rings. The Kier molecular flexibility index (Phi) is 11.2. The largest absolute Gasteiger partial charge is 0.468 e. The minimum absolute atomic E-state index is 0.00215. The van der Waals surface area contributed by atoms with E-state index >= 15 is 0 Å². The zero-order chi connectivity index (χ0) is 55.9. The van der Waals surface area contributed by atoms with Gasteiger partial charge in [-0.3, -0.25) is 0 Å². The maximum atomic E-state index is 7.68. The lowest BCUT2D eigenvalue weighted by Crippen LogP contribution is -2.61. The first kappa shape index (κ1) is 52.0. The van der Waals surface area contributed by atoms with Crippen LogP contribution in [0.4, 0.5) is 51.2 Å². The fraction of sp³-hybridized carbons (Fsp3) is 0.405. The van der Waals surface area contributed by atoms with Gasteiger partial charge in [0.2, 0.25) is 0 Å². The number of fused-ring (bicyclic) bond motifs is 9. The number of hydrogen-bond donors (Lipinski definition) is 0. The molecule has 4 nitrogen and oxygen atoms in total. The lowest BCUT2D eigenvalue weighted by molar-refractivity contribution is 0.332.